The number of hydrogen-bond donors (Lipinski definition) is 2. The van der Waals surface area contributed by atoms with Crippen LogP contribution in [0, 0.1) is 0 Å². The Balaban J connectivity index is 2.31. The molecule has 0 aliphatic rings. The van der Waals surface area contributed by atoms with E-state index in [0.29, 0.717) is 13.0 Å². The van der Waals surface area contributed by atoms with E-state index in [9.17, 15) is 9.90 Å². The number of phenols is 1. The fraction of sp³-hybridized carbons (Fsp3) is 0.267. The number of carbonyl (C=O) groups is 1. The molecule has 2 rings (SSSR count). The van der Waals surface area contributed by atoms with E-state index in [4.69, 9.17) is 10.5 Å². The Morgan fingerprint density at radius 1 is 1.26 bits per heavy atom. The quantitative estimate of drug-likeness (QED) is 0.823. The minimum Gasteiger partial charge on any atom is -0.507 e. The van der Waals surface area contributed by atoms with E-state index in [2.05, 4.69) is 0 Å². The van der Waals surface area contributed by atoms with Crippen LogP contribution in [0.3, 0.4) is 0 Å². The Bertz CT molecular complexity index is 595. The second kappa shape index (κ2) is 5.71. The van der Waals surface area contributed by atoms with Crippen LogP contribution in [-0.4, -0.2) is 23.7 Å². The SMILES string of the molecule is CCOC(=O)C(N)Cc1ccc(O)c2ccccc12. The van der Waals surface area contributed by atoms with Crippen LogP contribution in [0.4, 0.5) is 0 Å². The van der Waals surface area contributed by atoms with Gasteiger partial charge in [0.1, 0.15) is 11.8 Å². The highest BCUT2D eigenvalue weighted by atomic mass is 16.5. The smallest absolute Gasteiger partial charge is 0.323 e. The molecule has 0 amide bonds. The maximum Gasteiger partial charge on any atom is 0.323 e. The molecule has 0 heterocycles. The van der Waals surface area contributed by atoms with Gasteiger partial charge in [0.25, 0.3) is 0 Å². The lowest BCUT2D eigenvalue weighted by Crippen LogP contribution is -2.34. The molecule has 4 heteroatoms. The Hall–Kier alpha value is -2.07. The lowest BCUT2D eigenvalue weighted by Gasteiger charge is -2.13. The Labute approximate surface area is 111 Å². The average molecular weight is 259 g/mol. The number of benzene rings is 2. The molecule has 0 saturated heterocycles. The summed E-state index contributed by atoms with van der Waals surface area (Å²) in [6.07, 6.45) is 0.389. The molecule has 0 aromatic heterocycles. The number of hydrogen-bond acceptors (Lipinski definition) is 4. The third-order valence-electron chi connectivity index (χ3n) is 3.02. The number of rotatable bonds is 4. The van der Waals surface area contributed by atoms with Gasteiger partial charge in [-0.2, -0.15) is 0 Å². The fourth-order valence-electron chi connectivity index (χ4n) is 2.09. The van der Waals surface area contributed by atoms with Crippen molar-refractivity contribution in [3.63, 3.8) is 0 Å². The molecule has 4 nitrogen and oxygen atoms in total. The summed E-state index contributed by atoms with van der Waals surface area (Å²) in [5.41, 5.74) is 6.75. The molecular formula is C15H17NO3. The lowest BCUT2D eigenvalue weighted by atomic mass is 9.98. The van der Waals surface area contributed by atoms with Gasteiger partial charge in [-0.1, -0.05) is 30.3 Å². The summed E-state index contributed by atoms with van der Waals surface area (Å²) in [5.74, 6) is -0.177. The van der Waals surface area contributed by atoms with Crippen molar-refractivity contribution in [2.75, 3.05) is 6.61 Å². The van der Waals surface area contributed by atoms with E-state index in [0.717, 1.165) is 16.3 Å². The van der Waals surface area contributed by atoms with E-state index in [1.165, 1.54) is 0 Å². The van der Waals surface area contributed by atoms with Crippen molar-refractivity contribution in [1.82, 2.24) is 0 Å². The summed E-state index contributed by atoms with van der Waals surface area (Å²) in [4.78, 5) is 11.6. The minimum absolute atomic E-state index is 0.226. The van der Waals surface area contributed by atoms with Gasteiger partial charge in [-0.15, -0.1) is 0 Å². The van der Waals surface area contributed by atoms with Crippen LogP contribution in [0.1, 0.15) is 12.5 Å². The third-order valence-corrected chi connectivity index (χ3v) is 3.02. The van der Waals surface area contributed by atoms with Crippen molar-refractivity contribution in [3.8, 4) is 5.75 Å². The molecule has 0 aliphatic heterocycles. The average Bonchev–Trinajstić information content (AvgIpc) is 2.42. The van der Waals surface area contributed by atoms with Gasteiger partial charge in [0.05, 0.1) is 6.61 Å². The summed E-state index contributed by atoms with van der Waals surface area (Å²) in [6, 6.07) is 10.2. The van der Waals surface area contributed by atoms with Crippen LogP contribution in [0.5, 0.6) is 5.75 Å². The molecule has 1 atom stereocenters. The molecule has 0 aliphatic carbocycles. The van der Waals surface area contributed by atoms with E-state index >= 15 is 0 Å². The normalized spacial score (nSPS) is 12.3. The molecule has 3 N–H and O–H groups in total. The molecule has 0 spiro atoms. The van der Waals surface area contributed by atoms with Crippen molar-refractivity contribution in [2.24, 2.45) is 5.73 Å². The molecule has 100 valence electrons. The third kappa shape index (κ3) is 2.85. The fourth-order valence-corrected chi connectivity index (χ4v) is 2.09. The number of nitrogens with two attached hydrogens (primary N) is 1. The second-order valence-electron chi connectivity index (χ2n) is 4.35. The molecule has 0 saturated carbocycles. The maximum atomic E-state index is 11.6. The van der Waals surface area contributed by atoms with Gasteiger partial charge in [-0.25, -0.2) is 0 Å². The van der Waals surface area contributed by atoms with Crippen molar-refractivity contribution in [3.05, 3.63) is 42.0 Å². The monoisotopic (exact) mass is 259 g/mol. The Kier molecular flexibility index (Phi) is 4.02. The van der Waals surface area contributed by atoms with Gasteiger partial charge in [0.15, 0.2) is 0 Å². The zero-order valence-electron chi connectivity index (χ0n) is 10.8. The second-order valence-corrected chi connectivity index (χ2v) is 4.35. The van der Waals surface area contributed by atoms with Gasteiger partial charge in [0.2, 0.25) is 0 Å². The van der Waals surface area contributed by atoms with E-state index in [-0.39, 0.29) is 5.75 Å². The van der Waals surface area contributed by atoms with E-state index in [1.54, 1.807) is 19.1 Å². The standard InChI is InChI=1S/C15H17NO3/c1-2-19-15(18)13(16)9-10-7-8-14(17)12-6-4-3-5-11(10)12/h3-8,13,17H,2,9,16H2,1H3. The molecule has 0 fully saturated rings. The number of fused-ring (bicyclic) bond motifs is 1. The van der Waals surface area contributed by atoms with Gasteiger partial charge < -0.3 is 15.6 Å². The molecule has 19 heavy (non-hydrogen) atoms. The van der Waals surface area contributed by atoms with E-state index in [1.807, 2.05) is 24.3 Å². The Morgan fingerprint density at radius 3 is 2.63 bits per heavy atom. The van der Waals surface area contributed by atoms with Gasteiger partial charge in [-0.05, 0) is 30.4 Å². The summed E-state index contributed by atoms with van der Waals surface area (Å²) in [6.45, 7) is 2.07. The van der Waals surface area contributed by atoms with Crippen molar-refractivity contribution < 1.29 is 14.6 Å². The topological polar surface area (TPSA) is 72.5 Å². The molecule has 0 radical (unpaired) electrons. The van der Waals surface area contributed by atoms with Crippen LogP contribution in [-0.2, 0) is 16.0 Å². The highest BCUT2D eigenvalue weighted by Gasteiger charge is 2.16. The van der Waals surface area contributed by atoms with Gasteiger partial charge >= 0.3 is 5.97 Å². The predicted octanol–water partition coefficient (Wildman–Crippen LogP) is 1.98. The summed E-state index contributed by atoms with van der Waals surface area (Å²) >= 11 is 0. The number of esters is 1. The summed E-state index contributed by atoms with van der Waals surface area (Å²) < 4.78 is 4.90. The molecule has 2 aromatic rings. The first-order valence-corrected chi connectivity index (χ1v) is 6.25. The lowest BCUT2D eigenvalue weighted by molar-refractivity contribution is -0.144. The van der Waals surface area contributed by atoms with Crippen molar-refractivity contribution in [2.45, 2.75) is 19.4 Å². The summed E-state index contributed by atoms with van der Waals surface area (Å²) in [7, 11) is 0. The predicted molar refractivity (Wildman–Crippen MR) is 73.9 cm³/mol. The van der Waals surface area contributed by atoms with Crippen LogP contribution in [0.25, 0.3) is 10.8 Å². The number of phenolic OH excluding ortho intramolecular Hbond substituents is 1. The zero-order valence-corrected chi connectivity index (χ0v) is 10.8. The van der Waals surface area contributed by atoms with Gasteiger partial charge in [0, 0.05) is 5.39 Å². The number of aromatic hydroxyl groups is 1. The first kappa shape index (κ1) is 13.4. The van der Waals surface area contributed by atoms with Crippen molar-refractivity contribution in [1.29, 1.82) is 0 Å². The van der Waals surface area contributed by atoms with Crippen LogP contribution >= 0.6 is 0 Å². The highest BCUT2D eigenvalue weighted by molar-refractivity contribution is 5.91. The molecule has 1 unspecified atom stereocenters. The van der Waals surface area contributed by atoms with Crippen LogP contribution < -0.4 is 5.73 Å². The largest absolute Gasteiger partial charge is 0.507 e. The Morgan fingerprint density at radius 2 is 1.95 bits per heavy atom. The first-order chi connectivity index (χ1) is 9.13. The van der Waals surface area contributed by atoms with E-state index < -0.39 is 12.0 Å². The maximum absolute atomic E-state index is 11.6. The molecular weight excluding hydrogens is 242 g/mol. The first-order valence-electron chi connectivity index (χ1n) is 6.25. The van der Waals surface area contributed by atoms with Gasteiger partial charge in [-0.3, -0.25) is 4.79 Å². The zero-order chi connectivity index (χ0) is 13.8. The van der Waals surface area contributed by atoms with Crippen molar-refractivity contribution >= 4 is 16.7 Å². The van der Waals surface area contributed by atoms with Crippen LogP contribution in [0.15, 0.2) is 36.4 Å². The highest BCUT2D eigenvalue weighted by Crippen LogP contribution is 2.27. The number of ether oxygens (including phenoxy) is 1. The minimum atomic E-state index is -0.687. The molecule has 2 aromatic carbocycles. The number of carbonyl (C=O) groups excluding carboxylic acids is 1. The summed E-state index contributed by atoms with van der Waals surface area (Å²) in [5, 5.41) is 11.5. The molecule has 0 bridgehead atoms. The van der Waals surface area contributed by atoms with Crippen LogP contribution in [0.2, 0.25) is 0 Å².